The highest BCUT2D eigenvalue weighted by Crippen LogP contribution is 2.43. The number of nitrogens with one attached hydrogen (secondary N) is 1. The molecule has 5 rings (SSSR count). The van der Waals surface area contributed by atoms with Crippen LogP contribution in [0.4, 0.5) is 11.4 Å². The number of anilines is 1. The molecule has 1 aromatic carbocycles. The molecule has 3 aliphatic rings. The number of nitro benzene ring substituents is 1. The predicted octanol–water partition coefficient (Wildman–Crippen LogP) is 3.86. The highest BCUT2D eigenvalue weighted by molar-refractivity contribution is 5.85. The van der Waals surface area contributed by atoms with Crippen molar-refractivity contribution in [2.75, 3.05) is 51.3 Å². The van der Waals surface area contributed by atoms with Crippen LogP contribution in [0.5, 0.6) is 5.75 Å². The van der Waals surface area contributed by atoms with Crippen LogP contribution >= 0.6 is 12.4 Å². The number of rotatable bonds is 5. The summed E-state index contributed by atoms with van der Waals surface area (Å²) in [5, 5.41) is 19.5. The highest BCUT2D eigenvalue weighted by Gasteiger charge is 2.38. The number of halogens is 1. The summed E-state index contributed by atoms with van der Waals surface area (Å²) in [6, 6.07) is 4.10. The molecular weight excluding hydrogens is 468 g/mol. The van der Waals surface area contributed by atoms with Crippen molar-refractivity contribution < 1.29 is 9.66 Å². The topological polar surface area (TPSA) is 88.7 Å². The molecule has 0 radical (unpaired) electrons. The van der Waals surface area contributed by atoms with Gasteiger partial charge in [0.15, 0.2) is 5.75 Å². The van der Waals surface area contributed by atoms with Crippen molar-refractivity contribution in [1.29, 1.82) is 0 Å². The molecule has 4 heterocycles. The Bertz CT molecular complexity index is 1020. The third-order valence-corrected chi connectivity index (χ3v) is 8.35. The van der Waals surface area contributed by atoms with Gasteiger partial charge in [0.2, 0.25) is 0 Å². The van der Waals surface area contributed by atoms with Gasteiger partial charge in [-0.25, -0.2) is 0 Å². The maximum Gasteiger partial charge on any atom is 0.311 e. The van der Waals surface area contributed by atoms with Crippen LogP contribution < -0.4 is 15.0 Å². The second kappa shape index (κ2) is 10.7. The van der Waals surface area contributed by atoms with Gasteiger partial charge < -0.3 is 19.9 Å². The van der Waals surface area contributed by atoms with Gasteiger partial charge in [0, 0.05) is 61.3 Å². The second-order valence-corrected chi connectivity index (χ2v) is 10.2. The molecule has 192 valence electrons. The maximum absolute atomic E-state index is 11.7. The van der Waals surface area contributed by atoms with Crippen LogP contribution in [0.1, 0.15) is 38.5 Å². The Morgan fingerprint density at radius 2 is 1.80 bits per heavy atom. The molecule has 0 unspecified atom stereocenters. The fraction of sp³-hybridized carbons (Fsp3) is 0.640. The number of hydrogen-bond acceptors (Lipinski definition) is 7. The number of aryl methyl sites for hydroxylation is 1. The Hall–Kier alpha value is -2.36. The minimum atomic E-state index is -0.375. The molecule has 0 bridgehead atoms. The predicted molar refractivity (Wildman–Crippen MR) is 140 cm³/mol. The van der Waals surface area contributed by atoms with Crippen molar-refractivity contribution in [2.24, 2.45) is 12.5 Å². The van der Waals surface area contributed by atoms with E-state index in [1.165, 1.54) is 59.0 Å². The Labute approximate surface area is 213 Å². The maximum atomic E-state index is 11.7. The molecule has 2 aromatic rings. The quantitative estimate of drug-likeness (QED) is 0.488. The molecule has 1 N–H and O–H groups in total. The first-order chi connectivity index (χ1) is 16.5. The van der Waals surface area contributed by atoms with E-state index in [1.807, 2.05) is 19.3 Å². The summed E-state index contributed by atoms with van der Waals surface area (Å²) in [5.74, 6) is 0.304. The Morgan fingerprint density at radius 3 is 2.37 bits per heavy atom. The van der Waals surface area contributed by atoms with Gasteiger partial charge in [-0.1, -0.05) is 0 Å². The minimum absolute atomic E-state index is 0. The Morgan fingerprint density at radius 1 is 1.11 bits per heavy atom. The summed E-state index contributed by atoms with van der Waals surface area (Å²) in [4.78, 5) is 16.4. The summed E-state index contributed by atoms with van der Waals surface area (Å²) in [5.41, 5.74) is 3.27. The zero-order valence-corrected chi connectivity index (χ0v) is 21.6. The van der Waals surface area contributed by atoms with Crippen molar-refractivity contribution in [1.82, 2.24) is 20.0 Å². The van der Waals surface area contributed by atoms with Crippen LogP contribution in [0.15, 0.2) is 24.5 Å². The summed E-state index contributed by atoms with van der Waals surface area (Å²) < 4.78 is 7.13. The minimum Gasteiger partial charge on any atom is -0.490 e. The summed E-state index contributed by atoms with van der Waals surface area (Å²) in [6.45, 7) is 6.66. The van der Waals surface area contributed by atoms with E-state index in [2.05, 4.69) is 20.2 Å². The average molecular weight is 505 g/mol. The standard InChI is InChI=1S/C25H36N6O3.ClH/c1-28-18-19(17-27-28)21-15-23(31(32)33)24(34-2)16-22(21)30-11-3-20(4-12-30)29-13-7-25(8-14-29)5-9-26-10-6-25;/h15-18,20,26H,3-14H2,1-2H3;1H. The number of nitro groups is 1. The zero-order chi connectivity index (χ0) is 23.7. The molecule has 0 amide bonds. The van der Waals surface area contributed by atoms with Crippen molar-refractivity contribution >= 4 is 23.8 Å². The number of hydrogen-bond donors (Lipinski definition) is 1. The van der Waals surface area contributed by atoms with Crippen LogP contribution in [0.2, 0.25) is 0 Å². The summed E-state index contributed by atoms with van der Waals surface area (Å²) in [6.07, 6.45) is 11.2. The van der Waals surface area contributed by atoms with E-state index in [0.29, 0.717) is 17.2 Å². The summed E-state index contributed by atoms with van der Waals surface area (Å²) in [7, 11) is 3.35. The molecule has 3 fully saturated rings. The van der Waals surface area contributed by atoms with Crippen LogP contribution in [0.25, 0.3) is 11.1 Å². The van der Waals surface area contributed by atoms with E-state index in [-0.39, 0.29) is 23.0 Å². The van der Waals surface area contributed by atoms with Gasteiger partial charge in [-0.3, -0.25) is 14.8 Å². The van der Waals surface area contributed by atoms with Crippen LogP contribution in [0.3, 0.4) is 0 Å². The van der Waals surface area contributed by atoms with E-state index in [9.17, 15) is 10.1 Å². The fourth-order valence-electron chi connectivity index (χ4n) is 6.21. The average Bonchev–Trinajstić information content (AvgIpc) is 3.30. The monoisotopic (exact) mass is 504 g/mol. The van der Waals surface area contributed by atoms with Gasteiger partial charge >= 0.3 is 5.69 Å². The number of aromatic nitrogens is 2. The molecule has 1 spiro atoms. The van der Waals surface area contributed by atoms with E-state index < -0.39 is 0 Å². The molecule has 9 nitrogen and oxygen atoms in total. The highest BCUT2D eigenvalue weighted by atomic mass is 35.5. The molecule has 10 heteroatoms. The fourth-order valence-corrected chi connectivity index (χ4v) is 6.21. The van der Waals surface area contributed by atoms with Crippen LogP contribution in [-0.2, 0) is 7.05 Å². The van der Waals surface area contributed by atoms with Gasteiger partial charge in [0.05, 0.1) is 18.2 Å². The third-order valence-electron chi connectivity index (χ3n) is 8.35. The summed E-state index contributed by atoms with van der Waals surface area (Å²) >= 11 is 0. The molecule has 0 atom stereocenters. The lowest BCUT2D eigenvalue weighted by molar-refractivity contribution is -0.385. The molecular formula is C25H37ClN6O3. The Balaban J connectivity index is 0.00000289. The lowest BCUT2D eigenvalue weighted by Crippen LogP contribution is -2.51. The Kier molecular flexibility index (Phi) is 7.88. The molecule has 3 saturated heterocycles. The normalized spacial score (nSPS) is 21.0. The largest absolute Gasteiger partial charge is 0.490 e. The van der Waals surface area contributed by atoms with E-state index in [4.69, 9.17) is 4.74 Å². The van der Waals surface area contributed by atoms with Gasteiger partial charge in [0.1, 0.15) is 0 Å². The number of ether oxygens (including phenoxy) is 1. The van der Waals surface area contributed by atoms with Crippen LogP contribution in [-0.4, -0.2) is 72.0 Å². The van der Waals surface area contributed by atoms with Crippen molar-refractivity contribution in [3.05, 3.63) is 34.6 Å². The number of piperidine rings is 3. The first kappa shape index (κ1) is 25.7. The van der Waals surface area contributed by atoms with Gasteiger partial charge in [0.25, 0.3) is 0 Å². The van der Waals surface area contributed by atoms with E-state index in [1.54, 1.807) is 16.9 Å². The van der Waals surface area contributed by atoms with Crippen molar-refractivity contribution in [3.63, 3.8) is 0 Å². The van der Waals surface area contributed by atoms with Crippen LogP contribution in [0, 0.1) is 15.5 Å². The zero-order valence-electron chi connectivity index (χ0n) is 20.7. The molecule has 3 aliphatic heterocycles. The molecule has 0 aliphatic carbocycles. The number of benzene rings is 1. The lowest BCUT2D eigenvalue weighted by Gasteiger charge is -2.48. The number of methoxy groups -OCH3 is 1. The van der Waals surface area contributed by atoms with E-state index >= 15 is 0 Å². The first-order valence-corrected chi connectivity index (χ1v) is 12.5. The molecule has 35 heavy (non-hydrogen) atoms. The smallest absolute Gasteiger partial charge is 0.311 e. The van der Waals surface area contributed by atoms with Gasteiger partial charge in [-0.15, -0.1) is 12.4 Å². The van der Waals surface area contributed by atoms with Gasteiger partial charge in [-0.05, 0) is 70.1 Å². The third kappa shape index (κ3) is 5.27. The van der Waals surface area contributed by atoms with Gasteiger partial charge in [-0.2, -0.15) is 5.10 Å². The first-order valence-electron chi connectivity index (χ1n) is 12.5. The number of nitrogens with zero attached hydrogens (tertiary/aromatic N) is 5. The molecule has 1 aromatic heterocycles. The SMILES string of the molecule is COc1cc(N2CCC(N3CCC4(CCNCC4)CC3)CC2)c(-c2cnn(C)c2)cc1[N+](=O)[O-].Cl. The lowest BCUT2D eigenvalue weighted by atomic mass is 9.71. The second-order valence-electron chi connectivity index (χ2n) is 10.2. The number of likely N-dealkylation sites (tertiary alicyclic amines) is 1. The van der Waals surface area contributed by atoms with Crippen molar-refractivity contribution in [3.8, 4) is 16.9 Å². The van der Waals surface area contributed by atoms with Crippen molar-refractivity contribution in [2.45, 2.75) is 44.6 Å². The van der Waals surface area contributed by atoms with E-state index in [0.717, 1.165) is 42.7 Å². The molecule has 0 saturated carbocycles.